The maximum atomic E-state index is 6.58. The van der Waals surface area contributed by atoms with Gasteiger partial charge in [-0.3, -0.25) is 0 Å². The Hall–Kier alpha value is -4.79. The van der Waals surface area contributed by atoms with Crippen LogP contribution in [0, 0.1) is 0 Å². The Morgan fingerprint density at radius 1 is 0.585 bits per heavy atom. The molecule has 3 heteroatoms. The van der Waals surface area contributed by atoms with Gasteiger partial charge in [0, 0.05) is 27.2 Å². The molecule has 1 aliphatic rings. The third kappa shape index (κ3) is 3.58. The lowest BCUT2D eigenvalue weighted by Gasteiger charge is -2.30. The highest BCUT2D eigenvalue weighted by Crippen LogP contribution is 2.54. The van der Waals surface area contributed by atoms with E-state index in [1.807, 2.05) is 36.4 Å². The van der Waals surface area contributed by atoms with E-state index in [-0.39, 0.29) is 5.41 Å². The highest BCUT2D eigenvalue weighted by Gasteiger charge is 2.40. The molecule has 0 bridgehead atoms. The van der Waals surface area contributed by atoms with E-state index in [2.05, 4.69) is 115 Å². The summed E-state index contributed by atoms with van der Waals surface area (Å²) in [4.78, 5) is 2.30. The zero-order chi connectivity index (χ0) is 27.6. The van der Waals surface area contributed by atoms with Gasteiger partial charge in [0.15, 0.2) is 0 Å². The van der Waals surface area contributed by atoms with Crippen LogP contribution < -0.4 is 4.90 Å². The van der Waals surface area contributed by atoms with Crippen LogP contribution in [0.5, 0.6) is 0 Å². The third-order valence-corrected chi connectivity index (χ3v) is 8.83. The molecule has 1 aliphatic carbocycles. The molecule has 41 heavy (non-hydrogen) atoms. The van der Waals surface area contributed by atoms with E-state index in [1.54, 1.807) is 0 Å². The Morgan fingerprint density at radius 2 is 1.29 bits per heavy atom. The van der Waals surface area contributed by atoms with Crippen LogP contribution in [0.2, 0.25) is 5.02 Å². The smallest absolute Gasteiger partial charge is 0.137 e. The van der Waals surface area contributed by atoms with Crippen LogP contribution in [0.3, 0.4) is 0 Å². The second-order valence-corrected chi connectivity index (χ2v) is 11.3. The highest BCUT2D eigenvalue weighted by molar-refractivity contribution is 6.31. The molecule has 0 amide bonds. The van der Waals surface area contributed by atoms with E-state index in [0.717, 1.165) is 39.0 Å². The van der Waals surface area contributed by atoms with Crippen LogP contribution >= 0.6 is 11.6 Å². The number of fused-ring (bicyclic) bond motifs is 6. The van der Waals surface area contributed by atoms with Crippen molar-refractivity contribution in [2.24, 2.45) is 0 Å². The normalized spacial score (nSPS) is 15.7. The van der Waals surface area contributed by atoms with Gasteiger partial charge in [0.2, 0.25) is 0 Å². The van der Waals surface area contributed by atoms with Gasteiger partial charge in [-0.05, 0) is 83.3 Å². The number of nitrogens with zero attached hydrogens (tertiary/aromatic N) is 1. The summed E-state index contributed by atoms with van der Waals surface area (Å²) in [6.45, 7) is 2.35. The molecule has 8 rings (SSSR count). The fourth-order valence-electron chi connectivity index (χ4n) is 6.70. The topological polar surface area (TPSA) is 16.4 Å². The third-order valence-electron chi connectivity index (χ3n) is 8.59. The maximum absolute atomic E-state index is 6.58. The van der Waals surface area contributed by atoms with Gasteiger partial charge in [0.1, 0.15) is 11.2 Å². The van der Waals surface area contributed by atoms with E-state index < -0.39 is 0 Å². The minimum Gasteiger partial charge on any atom is -0.456 e. The number of rotatable bonds is 4. The van der Waals surface area contributed by atoms with Crippen molar-refractivity contribution in [2.45, 2.75) is 12.3 Å². The molecule has 1 aromatic heterocycles. The predicted octanol–water partition coefficient (Wildman–Crippen LogP) is 11.0. The molecule has 1 atom stereocenters. The molecule has 2 nitrogen and oxygen atoms in total. The number of anilines is 3. The molecule has 0 spiro atoms. The van der Waals surface area contributed by atoms with Gasteiger partial charge in [-0.25, -0.2) is 0 Å². The van der Waals surface area contributed by atoms with Crippen molar-refractivity contribution in [1.29, 1.82) is 0 Å². The average molecular weight is 548 g/mol. The predicted molar refractivity (Wildman–Crippen MR) is 171 cm³/mol. The van der Waals surface area contributed by atoms with Crippen LogP contribution in [0.1, 0.15) is 23.6 Å². The van der Waals surface area contributed by atoms with Gasteiger partial charge in [-0.2, -0.15) is 0 Å². The summed E-state index contributed by atoms with van der Waals surface area (Å²) in [5, 5.41) is 2.87. The Bertz CT molecular complexity index is 2090. The standard InChI is InChI=1S/C38H26ClNO/c1-38(25-11-3-2-4-12-25)32-17-7-5-15-29(32)31-24-28(21-22-33(31)38)40(27-14-9-13-26(39)23-27)34-18-10-20-36-37(34)30-16-6-8-19-35(30)41-36/h2-24H,1H3. The number of hydrogen-bond acceptors (Lipinski definition) is 2. The van der Waals surface area contributed by atoms with Crippen LogP contribution in [0.25, 0.3) is 33.1 Å². The molecule has 0 radical (unpaired) electrons. The van der Waals surface area contributed by atoms with Crippen LogP contribution in [-0.4, -0.2) is 0 Å². The average Bonchev–Trinajstić information content (AvgIpc) is 3.52. The molecule has 6 aromatic carbocycles. The Morgan fingerprint density at radius 3 is 2.17 bits per heavy atom. The Balaban J connectivity index is 1.40. The number of hydrogen-bond donors (Lipinski definition) is 0. The first-order valence-corrected chi connectivity index (χ1v) is 14.3. The number of benzene rings is 6. The van der Waals surface area contributed by atoms with Crippen LogP contribution in [0.4, 0.5) is 17.1 Å². The van der Waals surface area contributed by atoms with Crippen LogP contribution in [-0.2, 0) is 5.41 Å². The van der Waals surface area contributed by atoms with Crippen molar-refractivity contribution in [1.82, 2.24) is 0 Å². The number of halogens is 1. The van der Waals surface area contributed by atoms with Gasteiger partial charge >= 0.3 is 0 Å². The molecule has 0 N–H and O–H groups in total. The first-order valence-electron chi connectivity index (χ1n) is 13.9. The fraction of sp³-hybridized carbons (Fsp3) is 0.0526. The molecule has 196 valence electrons. The lowest BCUT2D eigenvalue weighted by molar-refractivity contribution is 0.669. The van der Waals surface area contributed by atoms with Crippen LogP contribution in [0.15, 0.2) is 144 Å². The second-order valence-electron chi connectivity index (χ2n) is 10.8. The van der Waals surface area contributed by atoms with Crippen molar-refractivity contribution in [2.75, 3.05) is 4.90 Å². The van der Waals surface area contributed by atoms with Crippen molar-refractivity contribution < 1.29 is 4.42 Å². The summed E-state index contributed by atoms with van der Waals surface area (Å²) < 4.78 is 6.28. The fourth-order valence-corrected chi connectivity index (χ4v) is 6.88. The summed E-state index contributed by atoms with van der Waals surface area (Å²) in [5.74, 6) is 0. The number of para-hydroxylation sites is 1. The monoisotopic (exact) mass is 547 g/mol. The van der Waals surface area contributed by atoms with Gasteiger partial charge in [0.05, 0.1) is 11.1 Å². The maximum Gasteiger partial charge on any atom is 0.137 e. The molecule has 0 aliphatic heterocycles. The first-order chi connectivity index (χ1) is 20.1. The zero-order valence-electron chi connectivity index (χ0n) is 22.5. The van der Waals surface area contributed by atoms with E-state index in [0.29, 0.717) is 5.02 Å². The van der Waals surface area contributed by atoms with E-state index in [9.17, 15) is 0 Å². The molecule has 0 saturated heterocycles. The molecular weight excluding hydrogens is 522 g/mol. The molecule has 0 fully saturated rings. The van der Waals surface area contributed by atoms with E-state index in [1.165, 1.54) is 27.8 Å². The van der Waals surface area contributed by atoms with Gasteiger partial charge < -0.3 is 9.32 Å². The molecule has 1 unspecified atom stereocenters. The quantitative estimate of drug-likeness (QED) is 0.218. The van der Waals surface area contributed by atoms with Crippen molar-refractivity contribution in [3.63, 3.8) is 0 Å². The lowest BCUT2D eigenvalue weighted by atomic mass is 9.74. The second kappa shape index (κ2) is 9.12. The molecular formula is C38H26ClNO. The summed E-state index contributed by atoms with van der Waals surface area (Å²) in [7, 11) is 0. The molecule has 1 heterocycles. The van der Waals surface area contributed by atoms with Gasteiger partial charge in [-0.1, -0.05) is 103 Å². The minimum absolute atomic E-state index is 0.243. The SMILES string of the molecule is CC1(c2ccccc2)c2ccccc2-c2cc(N(c3cccc(Cl)c3)c3cccc4oc5ccccc5c34)ccc21. The van der Waals surface area contributed by atoms with Crippen molar-refractivity contribution in [3.8, 4) is 11.1 Å². The van der Waals surface area contributed by atoms with Crippen molar-refractivity contribution in [3.05, 3.63) is 161 Å². The zero-order valence-corrected chi connectivity index (χ0v) is 23.3. The van der Waals surface area contributed by atoms with E-state index >= 15 is 0 Å². The van der Waals surface area contributed by atoms with Crippen molar-refractivity contribution >= 4 is 50.6 Å². The summed E-state index contributed by atoms with van der Waals surface area (Å²) in [6, 6.07) is 49.1. The van der Waals surface area contributed by atoms with Gasteiger partial charge in [0.25, 0.3) is 0 Å². The largest absolute Gasteiger partial charge is 0.456 e. The Labute approximate surface area is 244 Å². The number of furan rings is 1. The Kier molecular flexibility index (Phi) is 5.35. The lowest BCUT2D eigenvalue weighted by Crippen LogP contribution is -2.22. The summed E-state index contributed by atoms with van der Waals surface area (Å²) >= 11 is 6.58. The molecule has 0 saturated carbocycles. The minimum atomic E-state index is -0.243. The van der Waals surface area contributed by atoms with Gasteiger partial charge in [-0.15, -0.1) is 0 Å². The molecule has 7 aromatic rings. The summed E-state index contributed by atoms with van der Waals surface area (Å²) in [5.41, 5.74) is 11.1. The van der Waals surface area contributed by atoms with E-state index in [4.69, 9.17) is 16.0 Å². The summed E-state index contributed by atoms with van der Waals surface area (Å²) in [6.07, 6.45) is 0. The first kappa shape index (κ1) is 24.0. The highest BCUT2D eigenvalue weighted by atomic mass is 35.5.